The Bertz CT molecular complexity index is 430. The van der Waals surface area contributed by atoms with Crippen LogP contribution in [0.15, 0.2) is 24.3 Å². The Hall–Kier alpha value is -1.64. The predicted molar refractivity (Wildman–Crippen MR) is 70.8 cm³/mol. The zero-order valence-corrected chi connectivity index (χ0v) is 11.2. The molecule has 0 aliphatic rings. The SMILES string of the molecule is CCc1ccc(C(=O)CC(C)(C)CC(=O)O)cc1. The molecule has 0 amide bonds. The summed E-state index contributed by atoms with van der Waals surface area (Å²) in [7, 11) is 0. The summed E-state index contributed by atoms with van der Waals surface area (Å²) in [6.45, 7) is 5.67. The van der Waals surface area contributed by atoms with E-state index in [0.717, 1.165) is 6.42 Å². The first-order valence-corrected chi connectivity index (χ1v) is 6.18. The van der Waals surface area contributed by atoms with Gasteiger partial charge in [-0.3, -0.25) is 9.59 Å². The molecule has 1 rings (SSSR count). The van der Waals surface area contributed by atoms with Gasteiger partial charge in [0.15, 0.2) is 5.78 Å². The number of aliphatic carboxylic acids is 1. The molecule has 0 unspecified atom stereocenters. The third-order valence-electron chi connectivity index (χ3n) is 2.95. The van der Waals surface area contributed by atoms with E-state index < -0.39 is 11.4 Å². The van der Waals surface area contributed by atoms with Crippen LogP contribution >= 0.6 is 0 Å². The minimum absolute atomic E-state index is 0.00361. The summed E-state index contributed by atoms with van der Waals surface area (Å²) in [6, 6.07) is 7.52. The van der Waals surface area contributed by atoms with Crippen LogP contribution < -0.4 is 0 Å². The molecule has 18 heavy (non-hydrogen) atoms. The number of carboxylic acids is 1. The first kappa shape index (κ1) is 14.4. The Morgan fingerprint density at radius 1 is 1.11 bits per heavy atom. The fourth-order valence-corrected chi connectivity index (χ4v) is 1.93. The third-order valence-corrected chi connectivity index (χ3v) is 2.95. The number of rotatable bonds is 6. The van der Waals surface area contributed by atoms with Crippen LogP contribution in [0.25, 0.3) is 0 Å². The number of aryl methyl sites for hydroxylation is 1. The smallest absolute Gasteiger partial charge is 0.303 e. The minimum atomic E-state index is -0.867. The summed E-state index contributed by atoms with van der Waals surface area (Å²) >= 11 is 0. The number of hydrogen-bond acceptors (Lipinski definition) is 2. The topological polar surface area (TPSA) is 54.4 Å². The molecule has 0 aliphatic heterocycles. The van der Waals surface area contributed by atoms with Gasteiger partial charge in [0.2, 0.25) is 0 Å². The zero-order valence-electron chi connectivity index (χ0n) is 11.2. The first-order valence-electron chi connectivity index (χ1n) is 6.18. The fourth-order valence-electron chi connectivity index (χ4n) is 1.93. The van der Waals surface area contributed by atoms with Gasteiger partial charge in [0.1, 0.15) is 0 Å². The molecule has 0 aromatic heterocycles. The summed E-state index contributed by atoms with van der Waals surface area (Å²) in [5.41, 5.74) is 1.34. The van der Waals surface area contributed by atoms with Crippen molar-refractivity contribution in [1.29, 1.82) is 0 Å². The number of carbonyl (C=O) groups excluding carboxylic acids is 1. The summed E-state index contributed by atoms with van der Waals surface area (Å²) in [5.74, 6) is -0.863. The van der Waals surface area contributed by atoms with Gasteiger partial charge in [0.25, 0.3) is 0 Å². The highest BCUT2D eigenvalue weighted by Gasteiger charge is 2.25. The normalized spacial score (nSPS) is 11.3. The molecule has 0 spiro atoms. The fraction of sp³-hybridized carbons (Fsp3) is 0.467. The van der Waals surface area contributed by atoms with E-state index in [1.807, 2.05) is 24.3 Å². The molecule has 0 saturated carbocycles. The highest BCUT2D eigenvalue weighted by Crippen LogP contribution is 2.27. The molecule has 0 atom stereocenters. The summed E-state index contributed by atoms with van der Waals surface area (Å²) in [6.07, 6.45) is 1.20. The Kier molecular flexibility index (Phi) is 4.65. The van der Waals surface area contributed by atoms with Crippen LogP contribution in [-0.2, 0) is 11.2 Å². The van der Waals surface area contributed by atoms with Crippen LogP contribution in [0, 0.1) is 5.41 Å². The summed E-state index contributed by atoms with van der Waals surface area (Å²) < 4.78 is 0. The van der Waals surface area contributed by atoms with Crippen LogP contribution in [0.1, 0.15) is 49.5 Å². The Balaban J connectivity index is 2.72. The molecular formula is C15H20O3. The van der Waals surface area contributed by atoms with Crippen LogP contribution in [0.3, 0.4) is 0 Å². The van der Waals surface area contributed by atoms with E-state index in [-0.39, 0.29) is 18.6 Å². The van der Waals surface area contributed by atoms with Crippen molar-refractivity contribution in [3.8, 4) is 0 Å². The van der Waals surface area contributed by atoms with Gasteiger partial charge in [0.05, 0.1) is 6.42 Å². The largest absolute Gasteiger partial charge is 0.481 e. The number of carbonyl (C=O) groups is 2. The highest BCUT2D eigenvalue weighted by atomic mass is 16.4. The molecule has 1 aromatic carbocycles. The van der Waals surface area contributed by atoms with E-state index >= 15 is 0 Å². The lowest BCUT2D eigenvalue weighted by Gasteiger charge is -2.21. The van der Waals surface area contributed by atoms with Crippen LogP contribution in [0.4, 0.5) is 0 Å². The average molecular weight is 248 g/mol. The van der Waals surface area contributed by atoms with Gasteiger partial charge in [-0.25, -0.2) is 0 Å². The first-order chi connectivity index (χ1) is 8.34. The monoisotopic (exact) mass is 248 g/mol. The second-order valence-electron chi connectivity index (χ2n) is 5.39. The second kappa shape index (κ2) is 5.80. The van der Waals surface area contributed by atoms with E-state index in [9.17, 15) is 9.59 Å². The van der Waals surface area contributed by atoms with Gasteiger partial charge >= 0.3 is 5.97 Å². The molecule has 0 fully saturated rings. The highest BCUT2D eigenvalue weighted by molar-refractivity contribution is 5.96. The molecule has 0 aliphatic carbocycles. The molecule has 0 bridgehead atoms. The number of benzene rings is 1. The maximum atomic E-state index is 12.0. The Morgan fingerprint density at radius 3 is 2.11 bits per heavy atom. The molecule has 0 saturated heterocycles. The quantitative estimate of drug-likeness (QED) is 0.786. The van der Waals surface area contributed by atoms with Gasteiger partial charge in [0, 0.05) is 12.0 Å². The second-order valence-corrected chi connectivity index (χ2v) is 5.39. The molecule has 0 radical (unpaired) electrons. The summed E-state index contributed by atoms with van der Waals surface area (Å²) in [5, 5.41) is 8.79. The van der Waals surface area contributed by atoms with Gasteiger partial charge in [-0.05, 0) is 17.4 Å². The van der Waals surface area contributed by atoms with Crippen molar-refractivity contribution in [2.45, 2.75) is 40.0 Å². The molecule has 3 nitrogen and oxygen atoms in total. The average Bonchev–Trinajstić information content (AvgIpc) is 2.26. The van der Waals surface area contributed by atoms with Crippen molar-refractivity contribution in [3.63, 3.8) is 0 Å². The van der Waals surface area contributed by atoms with Gasteiger partial charge in [-0.2, -0.15) is 0 Å². The van der Waals surface area contributed by atoms with Crippen molar-refractivity contribution in [3.05, 3.63) is 35.4 Å². The van der Waals surface area contributed by atoms with Crippen LogP contribution in [0.2, 0.25) is 0 Å². The van der Waals surface area contributed by atoms with E-state index in [1.165, 1.54) is 5.56 Å². The minimum Gasteiger partial charge on any atom is -0.481 e. The Morgan fingerprint density at radius 2 is 1.67 bits per heavy atom. The lowest BCUT2D eigenvalue weighted by Crippen LogP contribution is -2.21. The zero-order chi connectivity index (χ0) is 13.8. The van der Waals surface area contributed by atoms with Gasteiger partial charge < -0.3 is 5.11 Å². The van der Waals surface area contributed by atoms with Crippen LogP contribution in [-0.4, -0.2) is 16.9 Å². The maximum absolute atomic E-state index is 12.0. The van der Waals surface area contributed by atoms with Crippen LogP contribution in [0.5, 0.6) is 0 Å². The molecule has 1 N–H and O–H groups in total. The molecule has 3 heteroatoms. The molecule has 98 valence electrons. The van der Waals surface area contributed by atoms with Gasteiger partial charge in [-0.15, -0.1) is 0 Å². The third kappa shape index (κ3) is 4.32. The maximum Gasteiger partial charge on any atom is 0.303 e. The number of hydrogen-bond donors (Lipinski definition) is 1. The van der Waals surface area contributed by atoms with E-state index in [1.54, 1.807) is 13.8 Å². The Labute approximate surface area is 108 Å². The molecule has 0 heterocycles. The van der Waals surface area contributed by atoms with E-state index in [2.05, 4.69) is 6.92 Å². The van der Waals surface area contributed by atoms with Crippen molar-refractivity contribution in [2.24, 2.45) is 5.41 Å². The number of carboxylic acid groups (broad SMARTS) is 1. The lowest BCUT2D eigenvalue weighted by atomic mass is 9.82. The number of Topliss-reactive ketones (excluding diaryl/α,β-unsaturated/α-hetero) is 1. The van der Waals surface area contributed by atoms with Gasteiger partial charge in [-0.1, -0.05) is 45.0 Å². The van der Waals surface area contributed by atoms with Crippen molar-refractivity contribution < 1.29 is 14.7 Å². The summed E-state index contributed by atoms with van der Waals surface area (Å²) in [4.78, 5) is 22.8. The van der Waals surface area contributed by atoms with E-state index in [0.29, 0.717) is 5.56 Å². The van der Waals surface area contributed by atoms with Crippen molar-refractivity contribution in [2.75, 3.05) is 0 Å². The van der Waals surface area contributed by atoms with Crippen molar-refractivity contribution >= 4 is 11.8 Å². The molecule has 1 aromatic rings. The van der Waals surface area contributed by atoms with E-state index in [4.69, 9.17) is 5.11 Å². The standard InChI is InChI=1S/C15H20O3/c1-4-11-5-7-12(8-6-11)13(16)9-15(2,3)10-14(17)18/h5-8H,4,9-10H2,1-3H3,(H,17,18). The molecular weight excluding hydrogens is 228 g/mol. The lowest BCUT2D eigenvalue weighted by molar-refractivity contribution is -0.139. The number of ketones is 1. The predicted octanol–water partition coefficient (Wildman–Crippen LogP) is 3.32. The van der Waals surface area contributed by atoms with Crippen molar-refractivity contribution in [1.82, 2.24) is 0 Å².